The lowest BCUT2D eigenvalue weighted by Crippen LogP contribution is -2.25. The summed E-state index contributed by atoms with van der Waals surface area (Å²) in [6.07, 6.45) is 3.29. The van der Waals surface area contributed by atoms with E-state index in [1.165, 1.54) is 0 Å². The highest BCUT2D eigenvalue weighted by Gasteiger charge is 2.16. The predicted molar refractivity (Wildman–Crippen MR) is 79.7 cm³/mol. The van der Waals surface area contributed by atoms with Gasteiger partial charge in [0.15, 0.2) is 0 Å². The third-order valence-electron chi connectivity index (χ3n) is 3.53. The number of aromatic amines is 1. The smallest absolute Gasteiger partial charge is 0.265 e. The Bertz CT molecular complexity index is 850. The molecule has 0 aliphatic heterocycles. The van der Waals surface area contributed by atoms with Gasteiger partial charge in [0, 0.05) is 11.9 Å². The molecule has 0 radical (unpaired) electrons. The Kier molecular flexibility index (Phi) is 3.21. The second-order valence-corrected chi connectivity index (χ2v) is 4.94. The van der Waals surface area contributed by atoms with Crippen molar-refractivity contribution in [2.24, 2.45) is 0 Å². The molecule has 108 valence electrons. The van der Waals surface area contributed by atoms with Gasteiger partial charge >= 0.3 is 0 Å². The number of nitrogens with one attached hydrogen (secondary N) is 1. The number of hydrogen-bond acceptors (Lipinski definition) is 4. The first-order chi connectivity index (χ1) is 10.1. The molecule has 0 saturated carbocycles. The van der Waals surface area contributed by atoms with E-state index in [1.54, 1.807) is 36.3 Å². The molecule has 1 N–H and O–H groups in total. The van der Waals surface area contributed by atoms with E-state index in [2.05, 4.69) is 15.0 Å². The molecule has 0 unspecified atom stereocenters. The molecule has 0 aliphatic rings. The van der Waals surface area contributed by atoms with Gasteiger partial charge < -0.3 is 9.72 Å². The molecule has 3 aromatic rings. The number of aromatic nitrogens is 4. The zero-order valence-corrected chi connectivity index (χ0v) is 12.1. The fourth-order valence-corrected chi connectivity index (χ4v) is 2.37. The lowest BCUT2D eigenvalue weighted by molar-refractivity contribution is 0.418. The van der Waals surface area contributed by atoms with Gasteiger partial charge in [0.25, 0.3) is 5.56 Å². The number of benzene rings is 1. The average Bonchev–Trinajstić information content (AvgIpc) is 2.93. The number of aryl methyl sites for hydroxylation is 1. The lowest BCUT2D eigenvalue weighted by Gasteiger charge is -2.14. The van der Waals surface area contributed by atoms with E-state index in [0.29, 0.717) is 16.7 Å². The van der Waals surface area contributed by atoms with Gasteiger partial charge in [-0.3, -0.25) is 9.36 Å². The van der Waals surface area contributed by atoms with Crippen LogP contribution in [0.3, 0.4) is 0 Å². The quantitative estimate of drug-likeness (QED) is 0.799. The molecule has 1 atom stereocenters. The number of rotatable bonds is 3. The normalized spacial score (nSPS) is 12.5. The van der Waals surface area contributed by atoms with E-state index in [1.807, 2.05) is 19.9 Å². The van der Waals surface area contributed by atoms with E-state index in [9.17, 15) is 4.79 Å². The molecule has 2 aromatic heterocycles. The highest BCUT2D eigenvalue weighted by Crippen LogP contribution is 2.21. The molecule has 6 nitrogen and oxygen atoms in total. The second kappa shape index (κ2) is 5.05. The minimum atomic E-state index is -0.229. The van der Waals surface area contributed by atoms with E-state index in [-0.39, 0.29) is 11.6 Å². The van der Waals surface area contributed by atoms with E-state index < -0.39 is 0 Å². The summed E-state index contributed by atoms with van der Waals surface area (Å²) in [5.74, 6) is 1.26. The summed E-state index contributed by atoms with van der Waals surface area (Å²) in [5.41, 5.74) is 1.44. The molecule has 3 rings (SSSR count). The van der Waals surface area contributed by atoms with Crippen molar-refractivity contribution < 1.29 is 4.74 Å². The standard InChI is InChI=1S/C15H16N4O2/c1-9-7-16-14(18-9)10(2)19-8-17-11-5-4-6-12(21-3)13(11)15(19)20/h4-8,10H,1-3H3,(H,16,18)/t10-/m1/s1. The van der Waals surface area contributed by atoms with E-state index in [0.717, 1.165) is 11.5 Å². The predicted octanol–water partition coefficient (Wildman–Crippen LogP) is 2.05. The highest BCUT2D eigenvalue weighted by atomic mass is 16.5. The van der Waals surface area contributed by atoms with E-state index in [4.69, 9.17) is 4.74 Å². The molecule has 0 fully saturated rings. The summed E-state index contributed by atoms with van der Waals surface area (Å²) in [6, 6.07) is 5.15. The van der Waals surface area contributed by atoms with Crippen molar-refractivity contribution >= 4 is 10.9 Å². The van der Waals surface area contributed by atoms with Gasteiger partial charge in [-0.1, -0.05) is 6.07 Å². The third kappa shape index (κ3) is 2.18. The molecule has 0 saturated heterocycles. The van der Waals surface area contributed by atoms with Gasteiger partial charge in [-0.2, -0.15) is 0 Å². The van der Waals surface area contributed by atoms with Crippen LogP contribution in [0.15, 0.2) is 35.5 Å². The Hall–Kier alpha value is -2.63. The van der Waals surface area contributed by atoms with Crippen LogP contribution in [0.1, 0.15) is 24.5 Å². The SMILES string of the molecule is COc1cccc2ncn([C@H](C)c3ncc(C)[nH]3)c(=O)c12. The van der Waals surface area contributed by atoms with Crippen LogP contribution in [0.4, 0.5) is 0 Å². The van der Waals surface area contributed by atoms with Gasteiger partial charge in [0.2, 0.25) is 0 Å². The molecular formula is C15H16N4O2. The van der Waals surface area contributed by atoms with Crippen LogP contribution >= 0.6 is 0 Å². The maximum Gasteiger partial charge on any atom is 0.265 e. The van der Waals surface area contributed by atoms with Gasteiger partial charge in [-0.15, -0.1) is 0 Å². The number of nitrogens with zero attached hydrogens (tertiary/aromatic N) is 3. The maximum absolute atomic E-state index is 12.7. The maximum atomic E-state index is 12.7. The van der Waals surface area contributed by atoms with Gasteiger partial charge in [0.1, 0.15) is 17.0 Å². The van der Waals surface area contributed by atoms with Gasteiger partial charge in [0.05, 0.1) is 25.0 Å². The molecule has 0 spiro atoms. The Morgan fingerprint density at radius 1 is 1.33 bits per heavy atom. The fourth-order valence-electron chi connectivity index (χ4n) is 2.37. The molecule has 2 heterocycles. The highest BCUT2D eigenvalue weighted by molar-refractivity contribution is 5.83. The minimum absolute atomic E-state index is 0.140. The Morgan fingerprint density at radius 3 is 2.81 bits per heavy atom. The van der Waals surface area contributed by atoms with Crippen LogP contribution in [0.2, 0.25) is 0 Å². The van der Waals surface area contributed by atoms with Crippen LogP contribution in [0.5, 0.6) is 5.75 Å². The molecule has 0 amide bonds. The largest absolute Gasteiger partial charge is 0.496 e. The second-order valence-electron chi connectivity index (χ2n) is 4.94. The third-order valence-corrected chi connectivity index (χ3v) is 3.53. The van der Waals surface area contributed by atoms with Crippen LogP contribution in [-0.2, 0) is 0 Å². The molecule has 1 aromatic carbocycles. The van der Waals surface area contributed by atoms with Crippen LogP contribution in [-0.4, -0.2) is 26.6 Å². The van der Waals surface area contributed by atoms with Crippen LogP contribution in [0.25, 0.3) is 10.9 Å². The summed E-state index contributed by atoms with van der Waals surface area (Å²) < 4.78 is 6.83. The molecule has 6 heteroatoms. The first-order valence-corrected chi connectivity index (χ1v) is 6.67. The summed E-state index contributed by atoms with van der Waals surface area (Å²) in [4.78, 5) is 24.5. The number of fused-ring (bicyclic) bond motifs is 1. The van der Waals surface area contributed by atoms with Gasteiger partial charge in [-0.05, 0) is 26.0 Å². The minimum Gasteiger partial charge on any atom is -0.496 e. The van der Waals surface area contributed by atoms with Crippen molar-refractivity contribution in [3.05, 3.63) is 52.6 Å². The number of hydrogen-bond donors (Lipinski definition) is 1. The van der Waals surface area contributed by atoms with Crippen molar-refractivity contribution in [1.29, 1.82) is 0 Å². The average molecular weight is 284 g/mol. The zero-order chi connectivity index (χ0) is 15.0. The first-order valence-electron chi connectivity index (χ1n) is 6.67. The van der Waals surface area contributed by atoms with Crippen molar-refractivity contribution in [1.82, 2.24) is 19.5 Å². The summed E-state index contributed by atoms with van der Waals surface area (Å²) >= 11 is 0. The van der Waals surface area contributed by atoms with Crippen molar-refractivity contribution in [3.8, 4) is 5.75 Å². The van der Waals surface area contributed by atoms with E-state index >= 15 is 0 Å². The van der Waals surface area contributed by atoms with Crippen LogP contribution in [0, 0.1) is 6.92 Å². The molecule has 0 aliphatic carbocycles. The fraction of sp³-hybridized carbons (Fsp3) is 0.267. The summed E-state index contributed by atoms with van der Waals surface area (Å²) in [7, 11) is 1.55. The van der Waals surface area contributed by atoms with Gasteiger partial charge in [-0.25, -0.2) is 9.97 Å². The lowest BCUT2D eigenvalue weighted by atomic mass is 10.2. The number of imidazole rings is 1. The van der Waals surface area contributed by atoms with Crippen molar-refractivity contribution in [3.63, 3.8) is 0 Å². The van der Waals surface area contributed by atoms with Crippen LogP contribution < -0.4 is 10.3 Å². The van der Waals surface area contributed by atoms with Crippen molar-refractivity contribution in [2.45, 2.75) is 19.9 Å². The zero-order valence-electron chi connectivity index (χ0n) is 12.1. The molecular weight excluding hydrogens is 268 g/mol. The monoisotopic (exact) mass is 284 g/mol. The Balaban J connectivity index is 2.20. The molecule has 21 heavy (non-hydrogen) atoms. The number of ether oxygens (including phenoxy) is 1. The number of methoxy groups -OCH3 is 1. The van der Waals surface area contributed by atoms with Crippen molar-refractivity contribution in [2.75, 3.05) is 7.11 Å². The molecule has 0 bridgehead atoms. The summed E-state index contributed by atoms with van der Waals surface area (Å²) in [5, 5.41) is 0.484. The topological polar surface area (TPSA) is 72.8 Å². The Morgan fingerprint density at radius 2 is 2.14 bits per heavy atom. The summed E-state index contributed by atoms with van der Waals surface area (Å²) in [6.45, 7) is 3.83. The Labute approximate surface area is 121 Å². The first kappa shape index (κ1) is 13.4. The number of H-pyrrole nitrogens is 1.